The molecule has 0 radical (unpaired) electrons. The van der Waals surface area contributed by atoms with E-state index in [9.17, 15) is 4.79 Å². The number of pyridine rings is 1. The number of hydrogen-bond acceptors (Lipinski definition) is 2. The molecular weight excluding hydrogens is 258 g/mol. The minimum atomic E-state index is -0.714. The minimum absolute atomic E-state index is 0.0902. The summed E-state index contributed by atoms with van der Waals surface area (Å²) in [6, 6.07) is 1.89. The fraction of sp³-hybridized carbons (Fsp3) is 0.455. The fourth-order valence-corrected chi connectivity index (χ4v) is 2.81. The van der Waals surface area contributed by atoms with E-state index in [-0.39, 0.29) is 17.3 Å². The van der Waals surface area contributed by atoms with E-state index in [1.54, 1.807) is 12.4 Å². The van der Waals surface area contributed by atoms with E-state index >= 15 is 0 Å². The van der Waals surface area contributed by atoms with Crippen LogP contribution in [0.15, 0.2) is 22.9 Å². The van der Waals surface area contributed by atoms with Crippen molar-refractivity contribution in [3.05, 3.63) is 28.5 Å². The van der Waals surface area contributed by atoms with E-state index in [0.29, 0.717) is 0 Å². The molecular formula is C11H12BrNO2. The Kier molecular flexibility index (Phi) is 2.34. The third-order valence-electron chi connectivity index (χ3n) is 3.23. The normalized spacial score (nSPS) is 27.4. The first-order chi connectivity index (χ1) is 6.96. The first kappa shape index (κ1) is 10.6. The molecule has 0 aromatic carbocycles. The predicted octanol–water partition coefficient (Wildman–Crippen LogP) is 2.67. The molecule has 2 atom stereocenters. The molecule has 1 saturated carbocycles. The molecule has 0 amide bonds. The van der Waals surface area contributed by atoms with Crippen molar-refractivity contribution in [2.45, 2.75) is 19.8 Å². The van der Waals surface area contributed by atoms with Crippen LogP contribution in [0.5, 0.6) is 0 Å². The van der Waals surface area contributed by atoms with Crippen molar-refractivity contribution in [2.24, 2.45) is 11.3 Å². The monoisotopic (exact) mass is 269 g/mol. The Bertz CT molecular complexity index is 417. The van der Waals surface area contributed by atoms with Crippen LogP contribution in [0.2, 0.25) is 0 Å². The molecule has 0 aliphatic heterocycles. The van der Waals surface area contributed by atoms with Crippen molar-refractivity contribution < 1.29 is 9.90 Å². The van der Waals surface area contributed by atoms with Gasteiger partial charge >= 0.3 is 5.97 Å². The Balaban J connectivity index is 2.36. The van der Waals surface area contributed by atoms with Gasteiger partial charge in [0.15, 0.2) is 0 Å². The van der Waals surface area contributed by atoms with Gasteiger partial charge in [-0.1, -0.05) is 13.8 Å². The second-order valence-electron chi connectivity index (χ2n) is 4.51. The van der Waals surface area contributed by atoms with Gasteiger partial charge in [-0.05, 0) is 33.0 Å². The standard InChI is InChI=1S/C11H12BrNO2/c1-11(2)8(9(11)10(14)15)6-3-4-13-5-7(6)12/h3-5,8-9H,1-2H3,(H,14,15). The summed E-state index contributed by atoms with van der Waals surface area (Å²) < 4.78 is 0.895. The number of aromatic nitrogens is 1. The number of carboxylic acids is 1. The van der Waals surface area contributed by atoms with Crippen molar-refractivity contribution >= 4 is 21.9 Å². The zero-order valence-electron chi connectivity index (χ0n) is 8.57. The van der Waals surface area contributed by atoms with Gasteiger partial charge in [-0.25, -0.2) is 0 Å². The van der Waals surface area contributed by atoms with E-state index in [1.807, 2.05) is 19.9 Å². The third-order valence-corrected chi connectivity index (χ3v) is 3.89. The molecule has 1 aliphatic rings. The zero-order chi connectivity index (χ0) is 11.2. The molecule has 4 heteroatoms. The number of hydrogen-bond donors (Lipinski definition) is 1. The first-order valence-electron chi connectivity index (χ1n) is 4.78. The Labute approximate surface area is 96.7 Å². The maximum absolute atomic E-state index is 11.0. The van der Waals surface area contributed by atoms with Crippen molar-refractivity contribution in [1.29, 1.82) is 0 Å². The Morgan fingerprint density at radius 1 is 1.60 bits per heavy atom. The van der Waals surface area contributed by atoms with Gasteiger partial charge in [0.05, 0.1) is 5.92 Å². The molecule has 2 rings (SSSR count). The zero-order valence-corrected chi connectivity index (χ0v) is 10.2. The molecule has 1 N–H and O–H groups in total. The van der Waals surface area contributed by atoms with Crippen LogP contribution in [0.3, 0.4) is 0 Å². The molecule has 1 aliphatic carbocycles. The summed E-state index contributed by atoms with van der Waals surface area (Å²) in [4.78, 5) is 15.0. The summed E-state index contributed by atoms with van der Waals surface area (Å²) in [5.74, 6) is -0.905. The highest BCUT2D eigenvalue weighted by molar-refractivity contribution is 9.10. The largest absolute Gasteiger partial charge is 0.481 e. The SMILES string of the molecule is CC1(C)C(C(=O)O)C1c1ccncc1Br. The van der Waals surface area contributed by atoms with Crippen LogP contribution in [-0.4, -0.2) is 16.1 Å². The number of aliphatic carboxylic acids is 1. The molecule has 1 fully saturated rings. The van der Waals surface area contributed by atoms with Crippen molar-refractivity contribution in [3.8, 4) is 0 Å². The van der Waals surface area contributed by atoms with Gasteiger partial charge in [0.2, 0.25) is 0 Å². The summed E-state index contributed by atoms with van der Waals surface area (Å²) in [5, 5.41) is 9.08. The van der Waals surface area contributed by atoms with Crippen molar-refractivity contribution in [2.75, 3.05) is 0 Å². The molecule has 1 aromatic heterocycles. The molecule has 2 unspecified atom stereocenters. The highest BCUT2D eigenvalue weighted by atomic mass is 79.9. The highest BCUT2D eigenvalue weighted by Gasteiger charge is 2.63. The van der Waals surface area contributed by atoms with Crippen LogP contribution in [0.25, 0.3) is 0 Å². The van der Waals surface area contributed by atoms with Crippen LogP contribution in [0.4, 0.5) is 0 Å². The van der Waals surface area contributed by atoms with Gasteiger partial charge in [0, 0.05) is 22.8 Å². The molecule has 1 heterocycles. The molecule has 80 valence electrons. The van der Waals surface area contributed by atoms with Crippen LogP contribution < -0.4 is 0 Å². The second-order valence-corrected chi connectivity index (χ2v) is 5.37. The van der Waals surface area contributed by atoms with E-state index < -0.39 is 5.97 Å². The summed E-state index contributed by atoms with van der Waals surface area (Å²) >= 11 is 3.41. The van der Waals surface area contributed by atoms with E-state index in [4.69, 9.17) is 5.11 Å². The van der Waals surface area contributed by atoms with Crippen LogP contribution >= 0.6 is 15.9 Å². The summed E-state index contributed by atoms with van der Waals surface area (Å²) in [7, 11) is 0. The average Bonchev–Trinajstić information content (AvgIpc) is 2.70. The van der Waals surface area contributed by atoms with E-state index in [0.717, 1.165) is 10.0 Å². The molecule has 0 saturated heterocycles. The third kappa shape index (κ3) is 1.57. The number of carboxylic acid groups (broad SMARTS) is 1. The highest BCUT2D eigenvalue weighted by Crippen LogP contribution is 2.65. The molecule has 3 nitrogen and oxygen atoms in total. The summed E-state index contributed by atoms with van der Waals surface area (Å²) in [6.45, 7) is 3.98. The van der Waals surface area contributed by atoms with Crippen LogP contribution in [0, 0.1) is 11.3 Å². The number of nitrogens with zero attached hydrogens (tertiary/aromatic N) is 1. The Hall–Kier alpha value is -0.900. The molecule has 1 aromatic rings. The number of carbonyl (C=O) groups is 1. The lowest BCUT2D eigenvalue weighted by Gasteiger charge is -2.04. The topological polar surface area (TPSA) is 50.2 Å². The maximum Gasteiger partial charge on any atom is 0.307 e. The van der Waals surface area contributed by atoms with E-state index in [2.05, 4.69) is 20.9 Å². The first-order valence-corrected chi connectivity index (χ1v) is 5.57. The van der Waals surface area contributed by atoms with Crippen molar-refractivity contribution in [3.63, 3.8) is 0 Å². The lowest BCUT2D eigenvalue weighted by Crippen LogP contribution is -2.03. The quantitative estimate of drug-likeness (QED) is 0.898. The lowest BCUT2D eigenvalue weighted by molar-refractivity contribution is -0.139. The van der Waals surface area contributed by atoms with Crippen LogP contribution in [0.1, 0.15) is 25.3 Å². The lowest BCUT2D eigenvalue weighted by atomic mass is 10.0. The average molecular weight is 270 g/mol. The van der Waals surface area contributed by atoms with Crippen molar-refractivity contribution in [1.82, 2.24) is 4.98 Å². The Morgan fingerprint density at radius 3 is 2.73 bits per heavy atom. The van der Waals surface area contributed by atoms with Gasteiger partial charge in [0.1, 0.15) is 0 Å². The summed E-state index contributed by atoms with van der Waals surface area (Å²) in [5.41, 5.74) is 0.887. The predicted molar refractivity (Wildman–Crippen MR) is 59.6 cm³/mol. The van der Waals surface area contributed by atoms with Gasteiger partial charge in [-0.15, -0.1) is 0 Å². The second kappa shape index (κ2) is 3.30. The molecule has 15 heavy (non-hydrogen) atoms. The van der Waals surface area contributed by atoms with Gasteiger partial charge in [-0.3, -0.25) is 9.78 Å². The maximum atomic E-state index is 11.0. The Morgan fingerprint density at radius 2 is 2.27 bits per heavy atom. The molecule has 0 bridgehead atoms. The van der Waals surface area contributed by atoms with Crippen LogP contribution in [-0.2, 0) is 4.79 Å². The number of halogens is 1. The van der Waals surface area contributed by atoms with Gasteiger partial charge in [0.25, 0.3) is 0 Å². The van der Waals surface area contributed by atoms with E-state index in [1.165, 1.54) is 0 Å². The summed E-state index contributed by atoms with van der Waals surface area (Å²) in [6.07, 6.45) is 3.41. The number of rotatable bonds is 2. The van der Waals surface area contributed by atoms with Gasteiger partial charge in [-0.2, -0.15) is 0 Å². The molecule has 0 spiro atoms. The minimum Gasteiger partial charge on any atom is -0.481 e. The van der Waals surface area contributed by atoms with Gasteiger partial charge < -0.3 is 5.11 Å². The smallest absolute Gasteiger partial charge is 0.307 e. The fourth-order valence-electron chi connectivity index (χ4n) is 2.32.